The Morgan fingerprint density at radius 3 is 2.95 bits per heavy atom. The lowest BCUT2D eigenvalue weighted by molar-refractivity contribution is 0.0683. The van der Waals surface area contributed by atoms with E-state index in [0.29, 0.717) is 0 Å². The Balaban J connectivity index is 2.54. The molecule has 1 aromatic heterocycles. The highest BCUT2D eigenvalue weighted by molar-refractivity contribution is 6.31. The van der Waals surface area contributed by atoms with Gasteiger partial charge in [-0.1, -0.05) is 17.7 Å². The zero-order valence-corrected chi connectivity index (χ0v) is 10.6. The lowest BCUT2D eigenvalue weighted by Gasteiger charge is -1.99. The summed E-state index contributed by atoms with van der Waals surface area (Å²) >= 11 is 5.64. The van der Waals surface area contributed by atoms with Gasteiger partial charge in [0, 0.05) is 0 Å². The van der Waals surface area contributed by atoms with E-state index in [1.807, 2.05) is 0 Å². The molecule has 0 radical (unpaired) electrons. The number of carbonyl (C=O) groups is 1. The lowest BCUT2D eigenvalue weighted by Crippen LogP contribution is -2.01. The molecule has 1 N–H and O–H groups in total. The van der Waals surface area contributed by atoms with Crippen molar-refractivity contribution in [3.05, 3.63) is 34.7 Å². The van der Waals surface area contributed by atoms with E-state index in [4.69, 9.17) is 25.9 Å². The zero-order valence-electron chi connectivity index (χ0n) is 9.81. The molecular formula is C12H9ClFNO4. The molecule has 0 amide bonds. The van der Waals surface area contributed by atoms with Crippen molar-refractivity contribution in [3.8, 4) is 17.4 Å². The standard InChI is InChI=1S/C12H9ClFNO4/c1-2-18-12-9(11(16)17)15-10(19-12)6-4-3-5-7(13)8(6)14/h3-5H,2H2,1H3,(H,16,17). The normalized spacial score (nSPS) is 10.5. The second-order valence-corrected chi connectivity index (χ2v) is 3.90. The van der Waals surface area contributed by atoms with Crippen molar-refractivity contribution in [2.75, 3.05) is 6.61 Å². The highest BCUT2D eigenvalue weighted by Crippen LogP contribution is 2.31. The molecule has 0 bridgehead atoms. The number of ether oxygens (including phenoxy) is 1. The summed E-state index contributed by atoms with van der Waals surface area (Å²) in [7, 11) is 0. The smallest absolute Gasteiger partial charge is 0.362 e. The average Bonchev–Trinajstić information content (AvgIpc) is 2.77. The van der Waals surface area contributed by atoms with E-state index in [1.54, 1.807) is 6.92 Å². The number of rotatable bonds is 4. The van der Waals surface area contributed by atoms with Gasteiger partial charge in [-0.3, -0.25) is 0 Å². The van der Waals surface area contributed by atoms with Crippen molar-refractivity contribution in [2.45, 2.75) is 6.92 Å². The van der Waals surface area contributed by atoms with Gasteiger partial charge in [0.05, 0.1) is 17.2 Å². The first kappa shape index (κ1) is 13.4. The molecule has 0 fully saturated rings. The van der Waals surface area contributed by atoms with E-state index in [-0.39, 0.29) is 29.0 Å². The van der Waals surface area contributed by atoms with E-state index < -0.39 is 17.5 Å². The number of hydrogen-bond acceptors (Lipinski definition) is 4. The molecule has 0 aliphatic carbocycles. The third-order valence-corrected chi connectivity index (χ3v) is 2.55. The fraction of sp³-hybridized carbons (Fsp3) is 0.167. The Bertz CT molecular complexity index is 626. The SMILES string of the molecule is CCOc1oc(-c2cccc(Cl)c2F)nc1C(=O)O. The molecule has 0 unspecified atom stereocenters. The highest BCUT2D eigenvalue weighted by atomic mass is 35.5. The predicted molar refractivity (Wildman–Crippen MR) is 65.0 cm³/mol. The minimum atomic E-state index is -1.32. The number of oxazole rings is 1. The number of aromatic carboxylic acids is 1. The minimum absolute atomic E-state index is 0.0269. The maximum atomic E-state index is 13.8. The summed E-state index contributed by atoms with van der Waals surface area (Å²) in [5, 5.41) is 8.85. The molecule has 1 aromatic carbocycles. The van der Waals surface area contributed by atoms with Gasteiger partial charge in [-0.15, -0.1) is 0 Å². The molecule has 2 aromatic rings. The van der Waals surface area contributed by atoms with Crippen LogP contribution in [0.2, 0.25) is 5.02 Å². The maximum Gasteiger partial charge on any atom is 0.362 e. The Kier molecular flexibility index (Phi) is 3.71. The monoisotopic (exact) mass is 285 g/mol. The van der Waals surface area contributed by atoms with Gasteiger partial charge in [-0.25, -0.2) is 9.18 Å². The number of hydrogen-bond donors (Lipinski definition) is 1. The first-order valence-electron chi connectivity index (χ1n) is 5.36. The molecule has 0 aliphatic rings. The molecular weight excluding hydrogens is 277 g/mol. The molecule has 0 saturated carbocycles. The molecule has 0 saturated heterocycles. The van der Waals surface area contributed by atoms with Crippen LogP contribution in [0.5, 0.6) is 5.95 Å². The van der Waals surface area contributed by atoms with Crippen LogP contribution in [0, 0.1) is 5.82 Å². The van der Waals surface area contributed by atoms with Gasteiger partial charge < -0.3 is 14.3 Å². The molecule has 0 aliphatic heterocycles. The summed E-state index contributed by atoms with van der Waals surface area (Å²) < 4.78 is 23.9. The first-order chi connectivity index (χ1) is 9.04. The molecule has 19 heavy (non-hydrogen) atoms. The third kappa shape index (κ3) is 2.53. The van der Waals surface area contributed by atoms with E-state index in [1.165, 1.54) is 18.2 Å². The van der Waals surface area contributed by atoms with E-state index in [9.17, 15) is 9.18 Å². The van der Waals surface area contributed by atoms with E-state index in [2.05, 4.69) is 4.98 Å². The summed E-state index contributed by atoms with van der Waals surface area (Å²) in [5.41, 5.74) is -0.433. The van der Waals surface area contributed by atoms with Gasteiger partial charge in [0.15, 0.2) is 5.82 Å². The summed E-state index contributed by atoms with van der Waals surface area (Å²) in [6.07, 6.45) is 0. The fourth-order valence-electron chi connectivity index (χ4n) is 1.45. The van der Waals surface area contributed by atoms with Crippen LogP contribution < -0.4 is 4.74 Å². The van der Waals surface area contributed by atoms with Crippen LogP contribution in [-0.2, 0) is 0 Å². The Morgan fingerprint density at radius 1 is 1.58 bits per heavy atom. The predicted octanol–water partition coefficient (Wildman–Crippen LogP) is 3.23. The Labute approximate surface area is 112 Å². The summed E-state index contributed by atoms with van der Waals surface area (Å²) in [6, 6.07) is 4.25. The topological polar surface area (TPSA) is 72.6 Å². The summed E-state index contributed by atoms with van der Waals surface area (Å²) in [5.74, 6) is -2.50. The average molecular weight is 286 g/mol. The molecule has 0 spiro atoms. The van der Waals surface area contributed by atoms with Gasteiger partial charge in [0.1, 0.15) is 0 Å². The molecule has 2 rings (SSSR count). The molecule has 0 atom stereocenters. The van der Waals surface area contributed by atoms with Gasteiger partial charge in [0.2, 0.25) is 11.6 Å². The number of carboxylic acids is 1. The van der Waals surface area contributed by atoms with Crippen LogP contribution in [0.3, 0.4) is 0 Å². The minimum Gasteiger partial charge on any atom is -0.476 e. The molecule has 7 heteroatoms. The second-order valence-electron chi connectivity index (χ2n) is 3.49. The van der Waals surface area contributed by atoms with Gasteiger partial charge >= 0.3 is 11.9 Å². The van der Waals surface area contributed by atoms with E-state index >= 15 is 0 Å². The largest absolute Gasteiger partial charge is 0.476 e. The lowest BCUT2D eigenvalue weighted by atomic mass is 10.2. The van der Waals surface area contributed by atoms with Crippen molar-refractivity contribution in [1.29, 1.82) is 0 Å². The number of nitrogens with zero attached hydrogens (tertiary/aromatic N) is 1. The summed E-state index contributed by atoms with van der Waals surface area (Å²) in [4.78, 5) is 14.7. The zero-order chi connectivity index (χ0) is 14.0. The number of halogens is 2. The molecule has 100 valence electrons. The maximum absolute atomic E-state index is 13.8. The van der Waals surface area contributed by atoms with Crippen LogP contribution >= 0.6 is 11.6 Å². The van der Waals surface area contributed by atoms with E-state index in [0.717, 1.165) is 0 Å². The van der Waals surface area contributed by atoms with Crippen molar-refractivity contribution in [2.24, 2.45) is 0 Å². The van der Waals surface area contributed by atoms with Gasteiger partial charge in [-0.05, 0) is 19.1 Å². The number of aromatic nitrogens is 1. The van der Waals surface area contributed by atoms with Crippen molar-refractivity contribution >= 4 is 17.6 Å². The second kappa shape index (κ2) is 5.27. The third-order valence-electron chi connectivity index (χ3n) is 2.26. The molecule has 5 nitrogen and oxygen atoms in total. The van der Waals surface area contributed by atoms with Crippen molar-refractivity contribution < 1.29 is 23.4 Å². The van der Waals surface area contributed by atoms with Crippen molar-refractivity contribution in [3.63, 3.8) is 0 Å². The number of carboxylic acid groups (broad SMARTS) is 1. The van der Waals surface area contributed by atoms with Gasteiger partial charge in [0.25, 0.3) is 0 Å². The Hall–Kier alpha value is -2.08. The highest BCUT2D eigenvalue weighted by Gasteiger charge is 2.23. The first-order valence-corrected chi connectivity index (χ1v) is 5.73. The van der Waals surface area contributed by atoms with Crippen LogP contribution in [0.1, 0.15) is 17.4 Å². The van der Waals surface area contributed by atoms with Gasteiger partial charge in [-0.2, -0.15) is 4.98 Å². The Morgan fingerprint density at radius 2 is 2.32 bits per heavy atom. The fourth-order valence-corrected chi connectivity index (χ4v) is 1.63. The van der Waals surface area contributed by atoms with Crippen LogP contribution in [0.15, 0.2) is 22.6 Å². The quantitative estimate of drug-likeness (QED) is 0.933. The van der Waals surface area contributed by atoms with Crippen LogP contribution in [-0.4, -0.2) is 22.7 Å². The van der Waals surface area contributed by atoms with Crippen molar-refractivity contribution in [1.82, 2.24) is 4.98 Å². The summed E-state index contributed by atoms with van der Waals surface area (Å²) in [6.45, 7) is 1.86. The van der Waals surface area contributed by atoms with Crippen LogP contribution in [0.4, 0.5) is 4.39 Å². The van der Waals surface area contributed by atoms with Crippen LogP contribution in [0.25, 0.3) is 11.5 Å². The molecule has 1 heterocycles. The number of benzene rings is 1.